The first kappa shape index (κ1) is 36.2. The molecule has 7 rings (SSSR count). The zero-order valence-corrected chi connectivity index (χ0v) is 31.9. The van der Waals surface area contributed by atoms with Crippen LogP contribution in [0.2, 0.25) is 0 Å². The van der Waals surface area contributed by atoms with Crippen LogP contribution in [-0.4, -0.2) is 71.1 Å². The molecular formula is C40H51N5O6S. The summed E-state index contributed by atoms with van der Waals surface area (Å²) in [4.78, 5) is 30.2. The van der Waals surface area contributed by atoms with Gasteiger partial charge in [-0.3, -0.25) is 19.0 Å². The first-order chi connectivity index (χ1) is 24.9. The Morgan fingerprint density at radius 3 is 2.71 bits per heavy atom. The zero-order chi connectivity index (χ0) is 36.8. The zero-order valence-electron chi connectivity index (χ0n) is 31.1. The van der Waals surface area contributed by atoms with Crippen LogP contribution in [-0.2, 0) is 33.5 Å². The molecule has 12 heteroatoms. The summed E-state index contributed by atoms with van der Waals surface area (Å²) < 4.78 is 41.4. The Labute approximate surface area is 307 Å². The molecule has 278 valence electrons. The van der Waals surface area contributed by atoms with E-state index in [9.17, 15) is 13.8 Å². The lowest BCUT2D eigenvalue weighted by molar-refractivity contribution is 0.0131. The van der Waals surface area contributed by atoms with Crippen molar-refractivity contribution in [1.29, 1.82) is 0 Å². The molecule has 0 saturated heterocycles. The fourth-order valence-electron chi connectivity index (χ4n) is 8.61. The highest BCUT2D eigenvalue weighted by Crippen LogP contribution is 2.47. The fourth-order valence-corrected chi connectivity index (χ4v) is 10.5. The standard InChI is InChI=1S/C40H51N5O6S/c1-25-12-16-33-28(19-25)10-8-18-40(33)23-45-21-30-13-15-31(30)35(49-5)11-7-9-26(2)27(3)52(48,43-38(47)32-22-44(4)41-39(32)50-6)42-37(46)29-14-17-36(51-24-40)34(45)20-29/h7,11-12,14,16-17,19-20,22,26-27,30-31,35H,8-10,13,15,18,21,23-24H2,1-6H3,(H,42,43,46,47,48)/b11-7+/t26-,27+,30-,31+,35-,40-,52?/m0/s1. The molecule has 3 heterocycles. The molecule has 52 heavy (non-hydrogen) atoms. The molecule has 0 radical (unpaired) electrons. The van der Waals surface area contributed by atoms with Crippen LogP contribution in [0.15, 0.2) is 59.1 Å². The van der Waals surface area contributed by atoms with E-state index in [1.165, 1.54) is 34.7 Å². The maximum atomic E-state index is 14.9. The first-order valence-electron chi connectivity index (χ1n) is 18.4. The topological polar surface area (TPSA) is 124 Å². The molecule has 2 aliphatic heterocycles. The van der Waals surface area contributed by atoms with Crippen molar-refractivity contribution in [3.05, 3.63) is 82.6 Å². The number of methoxy groups -OCH3 is 2. The second-order valence-electron chi connectivity index (χ2n) is 15.3. The predicted octanol–water partition coefficient (Wildman–Crippen LogP) is 6.19. The number of aromatic nitrogens is 2. The molecule has 1 aromatic heterocycles. The number of fused-ring (bicyclic) bond motifs is 4. The maximum Gasteiger partial charge on any atom is 0.286 e. The Hall–Kier alpha value is -4.16. The number of allylic oxidation sites excluding steroid dienone is 1. The Morgan fingerprint density at radius 2 is 1.96 bits per heavy atom. The van der Waals surface area contributed by atoms with E-state index in [-0.39, 0.29) is 34.4 Å². The third-order valence-electron chi connectivity index (χ3n) is 11.9. The summed E-state index contributed by atoms with van der Waals surface area (Å²) in [6, 6.07) is 12.2. The SMILES string of the molecule is COc1nn(C)cc1C(=O)NS1(=O)=NC(=O)c2ccc3c(c2)N(C[C@@H]2CC[C@H]2[C@@H](OC)/C=C/C[C@H](C)[C@H]1C)C[C@@]1(CCCc2cc(C)ccc21)CO3. The summed E-state index contributed by atoms with van der Waals surface area (Å²) in [6.07, 6.45) is 11.5. The van der Waals surface area contributed by atoms with Crippen LogP contribution >= 0.6 is 0 Å². The maximum absolute atomic E-state index is 14.9. The average Bonchev–Trinajstić information content (AvgIpc) is 3.43. The number of amides is 2. The minimum atomic E-state index is -3.66. The first-order valence-corrected chi connectivity index (χ1v) is 20.0. The molecule has 3 aromatic rings. The summed E-state index contributed by atoms with van der Waals surface area (Å²) in [5.74, 6) is -0.00631. The number of anilines is 1. The average molecular weight is 730 g/mol. The molecule has 2 bridgehead atoms. The number of ether oxygens (including phenoxy) is 3. The molecule has 1 saturated carbocycles. The molecule has 4 aliphatic rings. The van der Waals surface area contributed by atoms with E-state index in [0.29, 0.717) is 30.6 Å². The highest BCUT2D eigenvalue weighted by Gasteiger charge is 2.44. The molecular weight excluding hydrogens is 679 g/mol. The van der Waals surface area contributed by atoms with Crippen molar-refractivity contribution in [3.8, 4) is 11.6 Å². The van der Waals surface area contributed by atoms with E-state index in [1.54, 1.807) is 27.1 Å². The van der Waals surface area contributed by atoms with Crippen LogP contribution in [0.25, 0.3) is 0 Å². The molecule has 1 spiro atoms. The Balaban J connectivity index is 1.33. The smallest absolute Gasteiger partial charge is 0.286 e. The van der Waals surface area contributed by atoms with Gasteiger partial charge in [-0.05, 0) is 99.5 Å². The van der Waals surface area contributed by atoms with Crippen molar-refractivity contribution < 1.29 is 28.0 Å². The van der Waals surface area contributed by atoms with Gasteiger partial charge in [-0.2, -0.15) is 0 Å². The van der Waals surface area contributed by atoms with Crippen LogP contribution in [0.4, 0.5) is 5.69 Å². The van der Waals surface area contributed by atoms with Crippen LogP contribution in [0.5, 0.6) is 11.6 Å². The van der Waals surface area contributed by atoms with Gasteiger partial charge in [0.25, 0.3) is 11.8 Å². The van der Waals surface area contributed by atoms with Gasteiger partial charge in [-0.1, -0.05) is 42.8 Å². The number of nitrogens with zero attached hydrogens (tertiary/aromatic N) is 4. The minimum Gasteiger partial charge on any atom is -0.490 e. The number of hydrogen-bond donors (Lipinski definition) is 1. The Kier molecular flexibility index (Phi) is 9.99. The highest BCUT2D eigenvalue weighted by atomic mass is 32.2. The summed E-state index contributed by atoms with van der Waals surface area (Å²) in [5, 5.41) is 3.49. The van der Waals surface area contributed by atoms with Gasteiger partial charge < -0.3 is 19.1 Å². The number of hydrogen-bond acceptors (Lipinski definition) is 8. The fraction of sp³-hybridized carbons (Fsp3) is 0.525. The van der Waals surface area contributed by atoms with Gasteiger partial charge in [0.1, 0.15) is 21.2 Å². The molecule has 1 fully saturated rings. The van der Waals surface area contributed by atoms with Gasteiger partial charge in [-0.15, -0.1) is 9.46 Å². The van der Waals surface area contributed by atoms with Crippen LogP contribution in [0.3, 0.4) is 0 Å². The molecule has 2 aliphatic carbocycles. The van der Waals surface area contributed by atoms with E-state index in [1.807, 2.05) is 19.1 Å². The third-order valence-corrected chi connectivity index (χ3v) is 14.3. The molecule has 2 aromatic carbocycles. The van der Waals surface area contributed by atoms with Crippen molar-refractivity contribution >= 4 is 27.4 Å². The van der Waals surface area contributed by atoms with Crippen LogP contribution < -0.4 is 19.1 Å². The normalized spacial score (nSPS) is 30.8. The van der Waals surface area contributed by atoms with E-state index in [2.05, 4.69) is 56.4 Å². The monoisotopic (exact) mass is 729 g/mol. The van der Waals surface area contributed by atoms with Gasteiger partial charge in [0.2, 0.25) is 5.88 Å². The lowest BCUT2D eigenvalue weighted by Crippen LogP contribution is -2.49. The van der Waals surface area contributed by atoms with E-state index in [0.717, 1.165) is 50.9 Å². The van der Waals surface area contributed by atoms with Gasteiger partial charge in [0.05, 0.1) is 30.8 Å². The molecule has 1 N–H and O–H groups in total. The number of aryl methyl sites for hydroxylation is 3. The predicted molar refractivity (Wildman–Crippen MR) is 201 cm³/mol. The minimum absolute atomic E-state index is 0.0658. The lowest BCUT2D eigenvalue weighted by Gasteiger charge is -2.46. The van der Waals surface area contributed by atoms with E-state index >= 15 is 0 Å². The number of carbonyl (C=O) groups excluding carboxylic acids is 2. The lowest BCUT2D eigenvalue weighted by atomic mass is 9.68. The van der Waals surface area contributed by atoms with Crippen LogP contribution in [0, 0.1) is 24.7 Å². The van der Waals surface area contributed by atoms with Gasteiger partial charge in [-0.25, -0.2) is 4.21 Å². The van der Waals surface area contributed by atoms with Crippen molar-refractivity contribution in [2.45, 2.75) is 76.1 Å². The van der Waals surface area contributed by atoms with Gasteiger partial charge >= 0.3 is 0 Å². The van der Waals surface area contributed by atoms with Crippen LogP contribution in [0.1, 0.15) is 83.4 Å². The Bertz CT molecular complexity index is 2020. The second-order valence-corrected chi connectivity index (χ2v) is 17.6. The molecule has 2 amide bonds. The van der Waals surface area contributed by atoms with Crippen molar-refractivity contribution in [2.75, 3.05) is 38.8 Å². The number of benzene rings is 2. The summed E-state index contributed by atoms with van der Waals surface area (Å²) in [6.45, 7) is 7.95. The van der Waals surface area contributed by atoms with Gasteiger partial charge in [0.15, 0.2) is 0 Å². The molecule has 7 atom stereocenters. The molecule has 1 unspecified atom stereocenters. The Morgan fingerprint density at radius 1 is 1.13 bits per heavy atom. The number of rotatable bonds is 4. The second kappa shape index (κ2) is 14.3. The van der Waals surface area contributed by atoms with Gasteiger partial charge in [0, 0.05) is 44.4 Å². The highest BCUT2D eigenvalue weighted by molar-refractivity contribution is 7.93. The van der Waals surface area contributed by atoms with Crippen molar-refractivity contribution in [1.82, 2.24) is 14.5 Å². The largest absolute Gasteiger partial charge is 0.490 e. The van der Waals surface area contributed by atoms with E-state index in [4.69, 9.17) is 14.2 Å². The summed E-state index contributed by atoms with van der Waals surface area (Å²) in [5.41, 5.74) is 5.01. The third kappa shape index (κ3) is 6.75. The number of nitrogens with one attached hydrogen (secondary N) is 1. The summed E-state index contributed by atoms with van der Waals surface area (Å²) >= 11 is 0. The quantitative estimate of drug-likeness (QED) is 0.316. The molecule has 11 nitrogen and oxygen atoms in total. The van der Waals surface area contributed by atoms with E-state index < -0.39 is 27.0 Å². The summed E-state index contributed by atoms with van der Waals surface area (Å²) in [7, 11) is 1.18. The van der Waals surface area contributed by atoms with Crippen molar-refractivity contribution in [3.63, 3.8) is 0 Å². The number of carbonyl (C=O) groups is 2. The van der Waals surface area contributed by atoms with Crippen molar-refractivity contribution in [2.24, 2.45) is 29.2 Å².